The largest absolute Gasteiger partial charge is 0.374 e. The van der Waals surface area contributed by atoms with Gasteiger partial charge in [0.15, 0.2) is 0 Å². The first kappa shape index (κ1) is 13.4. The van der Waals surface area contributed by atoms with Crippen molar-refractivity contribution in [2.75, 3.05) is 23.3 Å². The third kappa shape index (κ3) is 2.37. The summed E-state index contributed by atoms with van der Waals surface area (Å²) in [5.41, 5.74) is 7.28. The minimum atomic E-state index is -0.274. The average molecular weight is 312 g/mol. The zero-order valence-corrected chi connectivity index (χ0v) is 12.3. The van der Waals surface area contributed by atoms with Crippen LogP contribution in [0.4, 0.5) is 11.4 Å². The molecular weight excluding hydrogens is 294 g/mol. The van der Waals surface area contributed by atoms with Gasteiger partial charge < -0.3 is 16.0 Å². The van der Waals surface area contributed by atoms with Gasteiger partial charge in [-0.25, -0.2) is 0 Å². The third-order valence-electron chi connectivity index (χ3n) is 3.24. The van der Waals surface area contributed by atoms with Gasteiger partial charge in [0.2, 0.25) is 5.91 Å². The topological polar surface area (TPSA) is 58.4 Å². The summed E-state index contributed by atoms with van der Waals surface area (Å²) in [6.45, 7) is 5.00. The van der Waals surface area contributed by atoms with Crippen LogP contribution in [0.2, 0.25) is 0 Å². The number of hydrogen-bond donors (Lipinski definition) is 2. The molecule has 1 aromatic rings. The van der Waals surface area contributed by atoms with Crippen LogP contribution in [0.1, 0.15) is 20.3 Å². The Balaban J connectivity index is 2.47. The number of hydrogen-bond acceptors (Lipinski definition) is 3. The first-order chi connectivity index (χ1) is 8.45. The number of fused-ring (bicyclic) bond motifs is 1. The fourth-order valence-corrected chi connectivity index (χ4v) is 2.70. The van der Waals surface area contributed by atoms with Crippen molar-refractivity contribution < 1.29 is 4.79 Å². The van der Waals surface area contributed by atoms with Crippen molar-refractivity contribution in [2.24, 2.45) is 5.73 Å². The lowest BCUT2D eigenvalue weighted by Gasteiger charge is -2.42. The van der Waals surface area contributed by atoms with Crippen LogP contribution in [0.25, 0.3) is 0 Å². The van der Waals surface area contributed by atoms with Gasteiger partial charge in [0.1, 0.15) is 0 Å². The molecule has 5 heteroatoms. The summed E-state index contributed by atoms with van der Waals surface area (Å²) >= 11 is 3.45. The molecule has 98 valence electrons. The van der Waals surface area contributed by atoms with Crippen LogP contribution >= 0.6 is 15.9 Å². The molecule has 0 saturated carbocycles. The summed E-state index contributed by atoms with van der Waals surface area (Å²) in [6.07, 6.45) is 0.769. The highest BCUT2D eigenvalue weighted by molar-refractivity contribution is 9.10. The lowest BCUT2D eigenvalue weighted by Crippen LogP contribution is -2.53. The van der Waals surface area contributed by atoms with E-state index in [4.69, 9.17) is 5.73 Å². The van der Waals surface area contributed by atoms with Gasteiger partial charge in [-0.15, -0.1) is 0 Å². The quantitative estimate of drug-likeness (QED) is 0.900. The Morgan fingerprint density at radius 2 is 2.22 bits per heavy atom. The molecule has 0 bridgehead atoms. The predicted molar refractivity (Wildman–Crippen MR) is 77.9 cm³/mol. The van der Waals surface area contributed by atoms with Crippen molar-refractivity contribution in [3.05, 3.63) is 22.7 Å². The van der Waals surface area contributed by atoms with Crippen LogP contribution in [0.3, 0.4) is 0 Å². The van der Waals surface area contributed by atoms with Crippen LogP contribution < -0.4 is 16.0 Å². The Kier molecular flexibility index (Phi) is 3.64. The van der Waals surface area contributed by atoms with Crippen LogP contribution in [-0.4, -0.2) is 24.5 Å². The molecule has 1 amide bonds. The summed E-state index contributed by atoms with van der Waals surface area (Å²) in [5.74, 6) is 0.0825. The zero-order chi connectivity index (χ0) is 13.3. The maximum absolute atomic E-state index is 12.2. The highest BCUT2D eigenvalue weighted by Gasteiger charge is 2.35. The number of rotatable bonds is 3. The van der Waals surface area contributed by atoms with E-state index in [-0.39, 0.29) is 11.4 Å². The maximum Gasteiger partial charge on any atom is 0.246 e. The number of anilines is 2. The molecule has 1 aromatic carbocycles. The van der Waals surface area contributed by atoms with E-state index in [2.05, 4.69) is 21.2 Å². The van der Waals surface area contributed by atoms with Gasteiger partial charge in [-0.05, 0) is 45.0 Å². The zero-order valence-electron chi connectivity index (χ0n) is 10.7. The van der Waals surface area contributed by atoms with Gasteiger partial charge in [0.25, 0.3) is 0 Å². The SMILES string of the molecule is CC(C)(CCN)N1C(=O)CNc2ccc(Br)cc21. The average Bonchev–Trinajstić information content (AvgIpc) is 2.27. The van der Waals surface area contributed by atoms with E-state index < -0.39 is 0 Å². The molecule has 18 heavy (non-hydrogen) atoms. The summed E-state index contributed by atoms with van der Waals surface area (Å²) in [6, 6.07) is 5.92. The molecule has 0 aromatic heterocycles. The van der Waals surface area contributed by atoms with Gasteiger partial charge in [0.05, 0.1) is 17.9 Å². The number of halogens is 1. The standard InChI is InChI=1S/C13H18BrN3O/c1-13(2,5-6-15)17-11-7-9(14)3-4-10(11)16-8-12(17)18/h3-4,7,16H,5-6,8,15H2,1-2H3. The Morgan fingerprint density at radius 3 is 2.89 bits per heavy atom. The fraction of sp³-hybridized carbons (Fsp3) is 0.462. The summed E-state index contributed by atoms with van der Waals surface area (Å²) < 4.78 is 0.964. The Bertz CT molecular complexity index is 473. The predicted octanol–water partition coefficient (Wildman–Crippen LogP) is 2.33. The second-order valence-corrected chi connectivity index (χ2v) is 6.01. The third-order valence-corrected chi connectivity index (χ3v) is 3.73. The highest BCUT2D eigenvalue weighted by atomic mass is 79.9. The summed E-state index contributed by atoms with van der Waals surface area (Å²) in [7, 11) is 0. The van der Waals surface area contributed by atoms with Crippen molar-refractivity contribution >= 4 is 33.2 Å². The molecule has 1 heterocycles. The van der Waals surface area contributed by atoms with Gasteiger partial charge >= 0.3 is 0 Å². The van der Waals surface area contributed by atoms with Crippen LogP contribution in [0, 0.1) is 0 Å². The van der Waals surface area contributed by atoms with E-state index in [9.17, 15) is 4.79 Å². The first-order valence-electron chi connectivity index (χ1n) is 6.02. The Morgan fingerprint density at radius 1 is 1.50 bits per heavy atom. The highest BCUT2D eigenvalue weighted by Crippen LogP contribution is 2.37. The number of nitrogens with zero attached hydrogens (tertiary/aromatic N) is 1. The summed E-state index contributed by atoms with van der Waals surface area (Å²) in [5, 5.41) is 3.14. The maximum atomic E-state index is 12.2. The van der Waals surface area contributed by atoms with Crippen LogP contribution in [-0.2, 0) is 4.79 Å². The van der Waals surface area contributed by atoms with Crippen molar-refractivity contribution in [1.82, 2.24) is 0 Å². The molecule has 4 nitrogen and oxygen atoms in total. The molecule has 1 aliphatic rings. The Labute approximate surface area is 116 Å². The number of nitrogens with two attached hydrogens (primary N) is 1. The second kappa shape index (κ2) is 4.90. The fourth-order valence-electron chi connectivity index (χ4n) is 2.35. The molecule has 0 unspecified atom stereocenters. The molecule has 0 fully saturated rings. The van der Waals surface area contributed by atoms with Crippen molar-refractivity contribution in [1.29, 1.82) is 0 Å². The molecule has 1 aliphatic heterocycles. The van der Waals surface area contributed by atoms with E-state index in [1.165, 1.54) is 0 Å². The number of nitrogens with one attached hydrogen (secondary N) is 1. The molecule has 2 rings (SSSR count). The van der Waals surface area contributed by atoms with E-state index >= 15 is 0 Å². The van der Waals surface area contributed by atoms with Crippen molar-refractivity contribution in [3.63, 3.8) is 0 Å². The van der Waals surface area contributed by atoms with Crippen molar-refractivity contribution in [2.45, 2.75) is 25.8 Å². The molecule has 0 aliphatic carbocycles. The lowest BCUT2D eigenvalue weighted by atomic mass is 9.95. The molecule has 0 saturated heterocycles. The molecule has 0 atom stereocenters. The number of carbonyl (C=O) groups excluding carboxylic acids is 1. The van der Waals surface area contributed by atoms with E-state index in [0.29, 0.717) is 13.1 Å². The summed E-state index contributed by atoms with van der Waals surface area (Å²) in [4.78, 5) is 14.1. The molecule has 0 spiro atoms. The second-order valence-electron chi connectivity index (χ2n) is 5.10. The smallest absolute Gasteiger partial charge is 0.246 e. The minimum Gasteiger partial charge on any atom is -0.374 e. The number of amides is 1. The van der Waals surface area contributed by atoms with Crippen LogP contribution in [0.15, 0.2) is 22.7 Å². The number of benzene rings is 1. The molecule has 0 radical (unpaired) electrons. The lowest BCUT2D eigenvalue weighted by molar-refractivity contribution is -0.118. The minimum absolute atomic E-state index is 0.0825. The van der Waals surface area contributed by atoms with Gasteiger partial charge in [-0.1, -0.05) is 15.9 Å². The monoisotopic (exact) mass is 311 g/mol. The molecular formula is C13H18BrN3O. The van der Waals surface area contributed by atoms with Crippen molar-refractivity contribution in [3.8, 4) is 0 Å². The normalized spacial score (nSPS) is 15.3. The van der Waals surface area contributed by atoms with Crippen LogP contribution in [0.5, 0.6) is 0 Å². The van der Waals surface area contributed by atoms with Gasteiger partial charge in [-0.3, -0.25) is 4.79 Å². The van der Waals surface area contributed by atoms with Gasteiger partial charge in [0, 0.05) is 10.0 Å². The van der Waals surface area contributed by atoms with Gasteiger partial charge in [-0.2, -0.15) is 0 Å². The van der Waals surface area contributed by atoms with E-state index in [0.717, 1.165) is 22.3 Å². The number of carbonyl (C=O) groups is 1. The first-order valence-corrected chi connectivity index (χ1v) is 6.81. The van der Waals surface area contributed by atoms with E-state index in [1.54, 1.807) is 0 Å². The van der Waals surface area contributed by atoms with E-state index in [1.807, 2.05) is 36.9 Å². The Hall–Kier alpha value is -1.07. The molecule has 3 N–H and O–H groups in total.